The van der Waals surface area contributed by atoms with Gasteiger partial charge in [-0.15, -0.1) is 0 Å². The molecule has 4 nitrogen and oxygen atoms in total. The molecule has 0 spiro atoms. The molecule has 0 bridgehead atoms. The van der Waals surface area contributed by atoms with Crippen LogP contribution in [0.25, 0.3) is 0 Å². The molecule has 2 amide bonds. The molecule has 1 aliphatic rings. The number of hydrogen-bond acceptors (Lipinski definition) is 2. The number of carbonyl (C=O) groups is 1. The van der Waals surface area contributed by atoms with Gasteiger partial charge in [0, 0.05) is 13.2 Å². The molecule has 2 N–H and O–H groups in total. The number of urea groups is 1. The molecule has 0 unspecified atom stereocenters. The van der Waals surface area contributed by atoms with Gasteiger partial charge in [-0.1, -0.05) is 38.1 Å². The third kappa shape index (κ3) is 3.73. The molecule has 0 aliphatic heterocycles. The molecule has 2 rings (SSSR count). The van der Waals surface area contributed by atoms with E-state index in [2.05, 4.69) is 48.7 Å². The van der Waals surface area contributed by atoms with E-state index in [1.165, 1.54) is 11.1 Å². The molecule has 0 saturated carbocycles. The molecule has 0 heterocycles. The van der Waals surface area contributed by atoms with Gasteiger partial charge in [0.05, 0.1) is 12.6 Å². The van der Waals surface area contributed by atoms with Gasteiger partial charge in [0.2, 0.25) is 0 Å². The monoisotopic (exact) mass is 276 g/mol. The molecular formula is C16H24N2O2. The number of hydrogen-bond donors (Lipinski definition) is 2. The van der Waals surface area contributed by atoms with Crippen LogP contribution in [0.3, 0.4) is 0 Å². The molecule has 0 saturated heterocycles. The fourth-order valence-electron chi connectivity index (χ4n) is 2.64. The van der Waals surface area contributed by atoms with E-state index < -0.39 is 0 Å². The quantitative estimate of drug-likeness (QED) is 0.865. The summed E-state index contributed by atoms with van der Waals surface area (Å²) in [5.74, 6) is 0.349. The van der Waals surface area contributed by atoms with Gasteiger partial charge in [-0.2, -0.15) is 0 Å². The number of rotatable bonds is 5. The standard InChI is InChI=1S/C16H24N2O2/c1-11(2)15(10-20-3)18-16(19)17-14-8-12-6-4-5-7-13(12)9-14/h4-7,11,14-15H,8-10H2,1-3H3,(H2,17,18,19)/t15-/m1/s1. The van der Waals surface area contributed by atoms with Crippen molar-refractivity contribution in [2.75, 3.05) is 13.7 Å². The Bertz CT molecular complexity index is 435. The van der Waals surface area contributed by atoms with Gasteiger partial charge in [-0.3, -0.25) is 0 Å². The Kier molecular flexibility index (Phi) is 5.01. The van der Waals surface area contributed by atoms with Crippen LogP contribution in [-0.4, -0.2) is 31.8 Å². The van der Waals surface area contributed by atoms with Crippen LogP contribution in [0.4, 0.5) is 4.79 Å². The van der Waals surface area contributed by atoms with Gasteiger partial charge >= 0.3 is 6.03 Å². The number of amides is 2. The number of nitrogens with one attached hydrogen (secondary N) is 2. The third-order valence-corrected chi connectivity index (χ3v) is 3.85. The Hall–Kier alpha value is -1.55. The number of carbonyl (C=O) groups excluding carboxylic acids is 1. The zero-order valence-electron chi connectivity index (χ0n) is 12.5. The molecule has 1 aromatic rings. The normalized spacial score (nSPS) is 16.0. The summed E-state index contributed by atoms with van der Waals surface area (Å²) in [7, 11) is 1.66. The van der Waals surface area contributed by atoms with Crippen LogP contribution >= 0.6 is 0 Å². The lowest BCUT2D eigenvalue weighted by atomic mass is 10.1. The number of fused-ring (bicyclic) bond motifs is 1. The molecule has 0 aromatic heterocycles. The molecule has 1 aromatic carbocycles. The number of ether oxygens (including phenoxy) is 1. The van der Waals surface area contributed by atoms with Crippen molar-refractivity contribution in [1.82, 2.24) is 10.6 Å². The summed E-state index contributed by atoms with van der Waals surface area (Å²) in [6, 6.07) is 8.52. The first-order valence-electron chi connectivity index (χ1n) is 7.23. The maximum atomic E-state index is 12.1. The molecule has 110 valence electrons. The highest BCUT2D eigenvalue weighted by Gasteiger charge is 2.23. The molecule has 0 radical (unpaired) electrons. The Labute approximate surface area is 120 Å². The average Bonchev–Trinajstić information content (AvgIpc) is 2.79. The van der Waals surface area contributed by atoms with Crippen molar-refractivity contribution in [2.45, 2.75) is 38.8 Å². The van der Waals surface area contributed by atoms with Crippen molar-refractivity contribution in [2.24, 2.45) is 5.92 Å². The maximum Gasteiger partial charge on any atom is 0.315 e. The summed E-state index contributed by atoms with van der Waals surface area (Å²) < 4.78 is 5.14. The SMILES string of the molecule is COC[C@@H](NC(=O)NC1Cc2ccccc2C1)C(C)C. The second-order valence-electron chi connectivity index (χ2n) is 5.80. The highest BCUT2D eigenvalue weighted by atomic mass is 16.5. The smallest absolute Gasteiger partial charge is 0.315 e. The van der Waals surface area contributed by atoms with Gasteiger partial charge in [0.1, 0.15) is 0 Å². The van der Waals surface area contributed by atoms with E-state index >= 15 is 0 Å². The predicted molar refractivity (Wildman–Crippen MR) is 79.8 cm³/mol. The van der Waals surface area contributed by atoms with Crippen molar-refractivity contribution in [3.63, 3.8) is 0 Å². The molecule has 20 heavy (non-hydrogen) atoms. The zero-order valence-corrected chi connectivity index (χ0v) is 12.5. The van der Waals surface area contributed by atoms with Gasteiger partial charge in [0.15, 0.2) is 0 Å². The Balaban J connectivity index is 1.84. The largest absolute Gasteiger partial charge is 0.383 e. The van der Waals surface area contributed by atoms with Crippen molar-refractivity contribution in [3.8, 4) is 0 Å². The predicted octanol–water partition coefficient (Wildman–Crippen LogP) is 2.12. The minimum absolute atomic E-state index is 0.0452. The first-order chi connectivity index (χ1) is 9.60. The lowest BCUT2D eigenvalue weighted by Gasteiger charge is -2.23. The lowest BCUT2D eigenvalue weighted by molar-refractivity contribution is 0.147. The maximum absolute atomic E-state index is 12.1. The summed E-state index contributed by atoms with van der Waals surface area (Å²) in [6.07, 6.45) is 1.83. The second-order valence-corrected chi connectivity index (χ2v) is 5.80. The molecule has 4 heteroatoms. The van der Waals surface area contributed by atoms with Crippen LogP contribution in [0.15, 0.2) is 24.3 Å². The van der Waals surface area contributed by atoms with E-state index in [1.54, 1.807) is 7.11 Å². The summed E-state index contributed by atoms with van der Waals surface area (Å²) in [5, 5.41) is 6.06. The molecule has 1 atom stereocenters. The van der Waals surface area contributed by atoms with E-state index in [-0.39, 0.29) is 18.1 Å². The highest BCUT2D eigenvalue weighted by Crippen LogP contribution is 2.21. The van der Waals surface area contributed by atoms with Gasteiger partial charge < -0.3 is 15.4 Å². The minimum Gasteiger partial charge on any atom is -0.383 e. The first-order valence-corrected chi connectivity index (χ1v) is 7.23. The van der Waals surface area contributed by atoms with Crippen LogP contribution in [0.1, 0.15) is 25.0 Å². The molecule has 0 fully saturated rings. The van der Waals surface area contributed by atoms with Gasteiger partial charge in [-0.05, 0) is 29.9 Å². The summed E-state index contributed by atoms with van der Waals surface area (Å²) in [6.45, 7) is 4.70. The Morgan fingerprint density at radius 1 is 1.30 bits per heavy atom. The van der Waals surface area contributed by atoms with Crippen molar-refractivity contribution in [3.05, 3.63) is 35.4 Å². The van der Waals surface area contributed by atoms with E-state index in [4.69, 9.17) is 4.74 Å². The first kappa shape index (κ1) is 14.9. The van der Waals surface area contributed by atoms with Crippen LogP contribution in [-0.2, 0) is 17.6 Å². The molecular weight excluding hydrogens is 252 g/mol. The molecule has 1 aliphatic carbocycles. The number of methoxy groups -OCH3 is 1. The van der Waals surface area contributed by atoms with Crippen LogP contribution in [0.2, 0.25) is 0 Å². The van der Waals surface area contributed by atoms with Crippen LogP contribution in [0.5, 0.6) is 0 Å². The summed E-state index contributed by atoms with van der Waals surface area (Å²) in [5.41, 5.74) is 2.69. The third-order valence-electron chi connectivity index (χ3n) is 3.85. The zero-order chi connectivity index (χ0) is 14.5. The van der Waals surface area contributed by atoms with E-state index in [0.717, 1.165) is 12.8 Å². The van der Waals surface area contributed by atoms with E-state index in [1.807, 2.05) is 0 Å². The summed E-state index contributed by atoms with van der Waals surface area (Å²) >= 11 is 0. The minimum atomic E-state index is -0.0986. The topological polar surface area (TPSA) is 50.4 Å². The number of benzene rings is 1. The van der Waals surface area contributed by atoms with E-state index in [0.29, 0.717) is 12.5 Å². The van der Waals surface area contributed by atoms with Crippen molar-refractivity contribution >= 4 is 6.03 Å². The van der Waals surface area contributed by atoms with Crippen molar-refractivity contribution < 1.29 is 9.53 Å². The van der Waals surface area contributed by atoms with Gasteiger partial charge in [0.25, 0.3) is 0 Å². The van der Waals surface area contributed by atoms with Crippen LogP contribution < -0.4 is 10.6 Å². The van der Waals surface area contributed by atoms with Crippen LogP contribution in [0, 0.1) is 5.92 Å². The second kappa shape index (κ2) is 6.75. The van der Waals surface area contributed by atoms with Gasteiger partial charge in [-0.25, -0.2) is 4.79 Å². The average molecular weight is 276 g/mol. The fourth-order valence-corrected chi connectivity index (χ4v) is 2.64. The van der Waals surface area contributed by atoms with Crippen molar-refractivity contribution in [1.29, 1.82) is 0 Å². The Morgan fingerprint density at radius 3 is 2.40 bits per heavy atom. The highest BCUT2D eigenvalue weighted by molar-refractivity contribution is 5.74. The Morgan fingerprint density at radius 2 is 1.90 bits per heavy atom. The summed E-state index contributed by atoms with van der Waals surface area (Å²) in [4.78, 5) is 12.1. The lowest BCUT2D eigenvalue weighted by Crippen LogP contribution is -2.49. The van der Waals surface area contributed by atoms with E-state index in [9.17, 15) is 4.79 Å². The fraction of sp³-hybridized carbons (Fsp3) is 0.562.